The predicted octanol–water partition coefficient (Wildman–Crippen LogP) is 3.89. The lowest BCUT2D eigenvalue weighted by Gasteiger charge is -2.17. The van der Waals surface area contributed by atoms with Gasteiger partial charge in [-0.2, -0.15) is 5.10 Å². The minimum atomic E-state index is -3.69. The quantitative estimate of drug-likeness (QED) is 0.869. The van der Waals surface area contributed by atoms with Crippen LogP contribution in [0.25, 0.3) is 0 Å². The van der Waals surface area contributed by atoms with Gasteiger partial charge in [0.1, 0.15) is 4.90 Å². The maximum Gasteiger partial charge on any atom is 0.244 e. The van der Waals surface area contributed by atoms with Crippen LogP contribution in [0.15, 0.2) is 35.4 Å². The molecule has 0 fully saturated rings. The van der Waals surface area contributed by atoms with Gasteiger partial charge in [-0.25, -0.2) is 13.1 Å². The van der Waals surface area contributed by atoms with Crippen molar-refractivity contribution in [1.82, 2.24) is 14.5 Å². The SMILES string of the molecule is CC(C)n1cc(S(=O)(=O)NCc2ccccc2Cl)c(C(C)(C)C)n1. The summed E-state index contributed by atoms with van der Waals surface area (Å²) in [6.07, 6.45) is 1.60. The molecule has 2 rings (SSSR count). The van der Waals surface area contributed by atoms with Crippen molar-refractivity contribution in [3.05, 3.63) is 46.7 Å². The van der Waals surface area contributed by atoms with Crippen LogP contribution in [-0.2, 0) is 22.0 Å². The number of aromatic nitrogens is 2. The van der Waals surface area contributed by atoms with Crippen molar-refractivity contribution in [2.45, 2.75) is 57.5 Å². The molecule has 1 heterocycles. The highest BCUT2D eigenvalue weighted by molar-refractivity contribution is 7.89. The minimum Gasteiger partial charge on any atom is -0.269 e. The Bertz CT molecular complexity index is 821. The largest absolute Gasteiger partial charge is 0.269 e. The summed E-state index contributed by atoms with van der Waals surface area (Å²) >= 11 is 6.10. The van der Waals surface area contributed by atoms with Gasteiger partial charge in [0.15, 0.2) is 0 Å². The summed E-state index contributed by atoms with van der Waals surface area (Å²) in [7, 11) is -3.69. The van der Waals surface area contributed by atoms with Crippen LogP contribution < -0.4 is 4.72 Å². The van der Waals surface area contributed by atoms with Crippen molar-refractivity contribution in [2.75, 3.05) is 0 Å². The number of sulfonamides is 1. The van der Waals surface area contributed by atoms with E-state index in [-0.39, 0.29) is 22.9 Å². The Morgan fingerprint density at radius 2 is 1.88 bits per heavy atom. The number of hydrogen-bond acceptors (Lipinski definition) is 3. The highest BCUT2D eigenvalue weighted by Gasteiger charge is 2.30. The molecule has 0 aliphatic carbocycles. The van der Waals surface area contributed by atoms with E-state index in [4.69, 9.17) is 11.6 Å². The van der Waals surface area contributed by atoms with Gasteiger partial charge in [-0.15, -0.1) is 0 Å². The smallest absolute Gasteiger partial charge is 0.244 e. The van der Waals surface area contributed by atoms with Gasteiger partial charge >= 0.3 is 0 Å². The zero-order valence-electron chi connectivity index (χ0n) is 14.7. The van der Waals surface area contributed by atoms with E-state index >= 15 is 0 Å². The fourth-order valence-electron chi connectivity index (χ4n) is 2.25. The van der Waals surface area contributed by atoms with E-state index in [0.29, 0.717) is 10.7 Å². The summed E-state index contributed by atoms with van der Waals surface area (Å²) in [4.78, 5) is 0.218. The highest BCUT2D eigenvalue weighted by atomic mass is 35.5. The summed E-state index contributed by atoms with van der Waals surface area (Å²) in [6.45, 7) is 9.92. The molecule has 5 nitrogen and oxygen atoms in total. The molecule has 1 aromatic carbocycles. The number of halogens is 1. The predicted molar refractivity (Wildman–Crippen MR) is 96.8 cm³/mol. The molecule has 7 heteroatoms. The second kappa shape index (κ2) is 6.86. The molecule has 0 atom stereocenters. The topological polar surface area (TPSA) is 64.0 Å². The fourth-order valence-corrected chi connectivity index (χ4v) is 3.80. The molecule has 0 unspecified atom stereocenters. The van der Waals surface area contributed by atoms with Crippen molar-refractivity contribution in [3.63, 3.8) is 0 Å². The van der Waals surface area contributed by atoms with E-state index in [1.54, 1.807) is 23.0 Å². The zero-order valence-corrected chi connectivity index (χ0v) is 16.2. The Labute approximate surface area is 149 Å². The van der Waals surface area contributed by atoms with Gasteiger partial charge in [0.2, 0.25) is 10.0 Å². The number of nitrogens with zero attached hydrogens (tertiary/aromatic N) is 2. The number of benzene rings is 1. The molecule has 0 amide bonds. The van der Waals surface area contributed by atoms with Crippen LogP contribution in [0.3, 0.4) is 0 Å². The molecular formula is C17H24ClN3O2S. The fraction of sp³-hybridized carbons (Fsp3) is 0.471. The lowest BCUT2D eigenvalue weighted by atomic mass is 9.92. The average molecular weight is 370 g/mol. The van der Waals surface area contributed by atoms with Crippen LogP contribution in [0, 0.1) is 0 Å². The van der Waals surface area contributed by atoms with Crippen LogP contribution in [0.4, 0.5) is 0 Å². The lowest BCUT2D eigenvalue weighted by molar-refractivity contribution is 0.493. The van der Waals surface area contributed by atoms with Crippen molar-refractivity contribution >= 4 is 21.6 Å². The Balaban J connectivity index is 2.37. The summed E-state index contributed by atoms with van der Waals surface area (Å²) in [5.74, 6) is 0. The Hall–Kier alpha value is -1.37. The zero-order chi connectivity index (χ0) is 18.1. The molecule has 0 spiro atoms. The van der Waals surface area contributed by atoms with Gasteiger partial charge in [-0.05, 0) is 25.5 Å². The molecule has 0 saturated heterocycles. The number of nitrogens with one attached hydrogen (secondary N) is 1. The molecule has 132 valence electrons. The lowest BCUT2D eigenvalue weighted by Crippen LogP contribution is -2.26. The van der Waals surface area contributed by atoms with Crippen LogP contribution in [-0.4, -0.2) is 18.2 Å². The van der Waals surface area contributed by atoms with Gasteiger partial charge in [-0.3, -0.25) is 4.68 Å². The molecule has 0 saturated carbocycles. The molecule has 0 bridgehead atoms. The third-order valence-corrected chi connectivity index (χ3v) is 5.41. The molecule has 0 aliphatic heterocycles. The Kier molecular flexibility index (Phi) is 5.42. The maximum absolute atomic E-state index is 12.8. The van der Waals surface area contributed by atoms with Gasteiger partial charge in [0, 0.05) is 29.2 Å². The number of rotatable bonds is 5. The third kappa shape index (κ3) is 4.18. The maximum atomic E-state index is 12.8. The highest BCUT2D eigenvalue weighted by Crippen LogP contribution is 2.29. The summed E-state index contributed by atoms with van der Waals surface area (Å²) in [5.41, 5.74) is 0.911. The van der Waals surface area contributed by atoms with Crippen molar-refractivity contribution in [3.8, 4) is 0 Å². The molecule has 1 N–H and O–H groups in total. The molecular weight excluding hydrogens is 346 g/mol. The molecule has 24 heavy (non-hydrogen) atoms. The second-order valence-electron chi connectivity index (χ2n) is 7.08. The average Bonchev–Trinajstić information content (AvgIpc) is 2.93. The molecule has 0 radical (unpaired) electrons. The van der Waals surface area contributed by atoms with Crippen LogP contribution in [0.5, 0.6) is 0 Å². The first kappa shape index (κ1) is 19.0. The Morgan fingerprint density at radius 3 is 2.42 bits per heavy atom. The first-order valence-electron chi connectivity index (χ1n) is 7.85. The van der Waals surface area contributed by atoms with E-state index < -0.39 is 10.0 Å². The van der Waals surface area contributed by atoms with Crippen molar-refractivity contribution in [2.24, 2.45) is 0 Å². The van der Waals surface area contributed by atoms with E-state index in [1.165, 1.54) is 0 Å². The normalized spacial score (nSPS) is 12.8. The van der Waals surface area contributed by atoms with Gasteiger partial charge < -0.3 is 0 Å². The van der Waals surface area contributed by atoms with Crippen LogP contribution in [0.2, 0.25) is 5.02 Å². The second-order valence-corrected chi connectivity index (χ2v) is 9.22. The van der Waals surface area contributed by atoms with Gasteiger partial charge in [-0.1, -0.05) is 50.6 Å². The van der Waals surface area contributed by atoms with E-state index in [1.807, 2.05) is 46.8 Å². The van der Waals surface area contributed by atoms with Crippen molar-refractivity contribution < 1.29 is 8.42 Å². The molecule has 0 aliphatic rings. The standard InChI is InChI=1S/C17H24ClN3O2S/c1-12(2)21-11-15(16(20-21)17(3,4)5)24(22,23)19-10-13-8-6-7-9-14(13)18/h6-9,11-12,19H,10H2,1-5H3. The van der Waals surface area contributed by atoms with E-state index in [2.05, 4.69) is 9.82 Å². The number of hydrogen-bond donors (Lipinski definition) is 1. The van der Waals surface area contributed by atoms with Gasteiger partial charge in [0.25, 0.3) is 0 Å². The summed E-state index contributed by atoms with van der Waals surface area (Å²) in [6, 6.07) is 7.26. The summed E-state index contributed by atoms with van der Waals surface area (Å²) < 4.78 is 29.9. The Morgan fingerprint density at radius 1 is 1.25 bits per heavy atom. The minimum absolute atomic E-state index is 0.0821. The summed E-state index contributed by atoms with van der Waals surface area (Å²) in [5, 5.41) is 5.03. The first-order chi connectivity index (χ1) is 11.0. The van der Waals surface area contributed by atoms with Crippen LogP contribution in [0.1, 0.15) is 51.9 Å². The molecule has 2 aromatic rings. The monoisotopic (exact) mass is 369 g/mol. The van der Waals surface area contributed by atoms with E-state index in [0.717, 1.165) is 5.56 Å². The van der Waals surface area contributed by atoms with Crippen molar-refractivity contribution in [1.29, 1.82) is 0 Å². The van der Waals surface area contributed by atoms with Gasteiger partial charge in [0.05, 0.1) is 5.69 Å². The molecule has 1 aromatic heterocycles. The van der Waals surface area contributed by atoms with Crippen LogP contribution >= 0.6 is 11.6 Å². The first-order valence-corrected chi connectivity index (χ1v) is 9.71. The van der Waals surface area contributed by atoms with E-state index in [9.17, 15) is 8.42 Å². The third-order valence-electron chi connectivity index (χ3n) is 3.64.